The number of carbonyl (C=O) groups is 3. The van der Waals surface area contributed by atoms with E-state index in [4.69, 9.17) is 10.5 Å². The molecule has 0 saturated carbocycles. The van der Waals surface area contributed by atoms with Crippen LogP contribution >= 0.6 is 0 Å². The van der Waals surface area contributed by atoms with E-state index in [1.54, 1.807) is 37.3 Å². The molecule has 1 aliphatic heterocycles. The quantitative estimate of drug-likeness (QED) is 0.238. The molecule has 0 atom stereocenters. The van der Waals surface area contributed by atoms with Gasteiger partial charge >= 0.3 is 5.97 Å². The van der Waals surface area contributed by atoms with Gasteiger partial charge < -0.3 is 21.1 Å². The number of benzene rings is 2. The highest BCUT2D eigenvalue weighted by Gasteiger charge is 2.28. The highest BCUT2D eigenvalue weighted by Crippen LogP contribution is 2.33. The van der Waals surface area contributed by atoms with Crippen LogP contribution in [0.5, 0.6) is 0 Å². The Hall–Kier alpha value is -3.87. The predicted octanol–water partition coefficient (Wildman–Crippen LogP) is 2.90. The normalized spacial score (nSPS) is 15.6. The highest BCUT2D eigenvalue weighted by molar-refractivity contribution is 6.18. The summed E-state index contributed by atoms with van der Waals surface area (Å²) in [5, 5.41) is 6.12. The number of hydrogen-bond acceptors (Lipinski definition) is 6. The second kappa shape index (κ2) is 8.43. The Morgan fingerprint density at radius 2 is 1.62 bits per heavy atom. The summed E-state index contributed by atoms with van der Waals surface area (Å²) in [6.07, 6.45) is 1.32. The van der Waals surface area contributed by atoms with Crippen molar-refractivity contribution >= 4 is 29.0 Å². The number of carbonyl (C=O) groups excluding carboxylic acids is 3. The molecule has 0 saturated heterocycles. The standard InChI is InChI=1S/C22H21N3O4/c1-3-29-22(28)19(21(23)27)20-17(24-15-6-4-5-7-16(15)25-20)12-18(26)14-10-8-13(2)9-11-14/h4-12,24-25H,3H2,1-2H3,(H2,23,27)/b17-12-,20-19+. The van der Waals surface area contributed by atoms with E-state index in [0.29, 0.717) is 16.9 Å². The van der Waals surface area contributed by atoms with Gasteiger partial charge in [0.1, 0.15) is 5.57 Å². The van der Waals surface area contributed by atoms with Gasteiger partial charge in [-0.2, -0.15) is 0 Å². The number of primary amides is 1. The molecule has 29 heavy (non-hydrogen) atoms. The van der Waals surface area contributed by atoms with Crippen molar-refractivity contribution in [3.05, 3.63) is 82.7 Å². The van der Waals surface area contributed by atoms with Gasteiger partial charge in [-0.1, -0.05) is 42.0 Å². The van der Waals surface area contributed by atoms with Gasteiger partial charge in [0, 0.05) is 11.6 Å². The van der Waals surface area contributed by atoms with E-state index >= 15 is 0 Å². The molecule has 1 amide bonds. The highest BCUT2D eigenvalue weighted by atomic mass is 16.5. The zero-order chi connectivity index (χ0) is 21.0. The Labute approximate surface area is 168 Å². The summed E-state index contributed by atoms with van der Waals surface area (Å²) in [4.78, 5) is 37.2. The van der Waals surface area contributed by atoms with E-state index in [0.717, 1.165) is 5.56 Å². The van der Waals surface area contributed by atoms with Crippen LogP contribution in [0.15, 0.2) is 71.6 Å². The van der Waals surface area contributed by atoms with Gasteiger partial charge in [-0.15, -0.1) is 0 Å². The van der Waals surface area contributed by atoms with Gasteiger partial charge in [-0.3, -0.25) is 9.59 Å². The number of para-hydroxylation sites is 2. The third-order valence-corrected chi connectivity index (χ3v) is 4.31. The average Bonchev–Trinajstić information content (AvgIpc) is 2.69. The summed E-state index contributed by atoms with van der Waals surface area (Å²) in [7, 11) is 0. The number of rotatable bonds is 5. The molecule has 7 nitrogen and oxygen atoms in total. The van der Waals surface area contributed by atoms with Crippen LogP contribution in [-0.2, 0) is 14.3 Å². The summed E-state index contributed by atoms with van der Waals surface area (Å²) in [6.45, 7) is 3.63. The first-order valence-electron chi connectivity index (χ1n) is 9.08. The molecule has 2 aromatic rings. The largest absolute Gasteiger partial charge is 0.462 e. The van der Waals surface area contributed by atoms with Gasteiger partial charge in [-0.25, -0.2) is 4.79 Å². The fourth-order valence-corrected chi connectivity index (χ4v) is 2.88. The SMILES string of the molecule is CCOC(=O)/C(C(N)=O)=C1/Nc2ccccc2N/C1=C\C(=O)c1ccc(C)cc1. The number of nitrogens with one attached hydrogen (secondary N) is 2. The Kier molecular flexibility index (Phi) is 5.78. The fourth-order valence-electron chi connectivity index (χ4n) is 2.88. The van der Waals surface area contributed by atoms with Crippen LogP contribution in [0, 0.1) is 6.92 Å². The molecular weight excluding hydrogens is 370 g/mol. The minimum absolute atomic E-state index is 0.0776. The van der Waals surface area contributed by atoms with E-state index in [2.05, 4.69) is 10.6 Å². The predicted molar refractivity (Wildman–Crippen MR) is 110 cm³/mol. The molecule has 0 radical (unpaired) electrons. The maximum absolute atomic E-state index is 12.8. The van der Waals surface area contributed by atoms with Crippen LogP contribution in [0.25, 0.3) is 0 Å². The number of ketones is 1. The van der Waals surface area contributed by atoms with Gasteiger partial charge in [0.15, 0.2) is 5.78 Å². The molecule has 0 fully saturated rings. The van der Waals surface area contributed by atoms with Crippen LogP contribution < -0.4 is 16.4 Å². The minimum Gasteiger partial charge on any atom is -0.462 e. The number of ether oxygens (including phenoxy) is 1. The van der Waals surface area contributed by atoms with Crippen molar-refractivity contribution < 1.29 is 19.1 Å². The zero-order valence-corrected chi connectivity index (χ0v) is 16.1. The van der Waals surface area contributed by atoms with Crippen LogP contribution in [0.1, 0.15) is 22.8 Å². The van der Waals surface area contributed by atoms with Crippen molar-refractivity contribution in [1.82, 2.24) is 0 Å². The lowest BCUT2D eigenvalue weighted by Gasteiger charge is -2.26. The van der Waals surface area contributed by atoms with Crippen molar-refractivity contribution in [3.8, 4) is 0 Å². The van der Waals surface area contributed by atoms with E-state index < -0.39 is 11.9 Å². The third kappa shape index (κ3) is 4.35. The number of hydrogen-bond donors (Lipinski definition) is 3. The monoisotopic (exact) mass is 391 g/mol. The van der Waals surface area contributed by atoms with E-state index in [1.165, 1.54) is 6.08 Å². The number of anilines is 2. The molecule has 4 N–H and O–H groups in total. The molecule has 3 rings (SSSR count). The second-order valence-electron chi connectivity index (χ2n) is 6.42. The van der Waals surface area contributed by atoms with Crippen LogP contribution in [0.4, 0.5) is 11.4 Å². The molecule has 148 valence electrons. The lowest BCUT2D eigenvalue weighted by Crippen LogP contribution is -2.30. The fraction of sp³-hybridized carbons (Fsp3) is 0.136. The van der Waals surface area contributed by atoms with Gasteiger partial charge in [-0.05, 0) is 26.0 Å². The first kappa shape index (κ1) is 19.9. The number of amides is 1. The zero-order valence-electron chi connectivity index (χ0n) is 16.1. The maximum Gasteiger partial charge on any atom is 0.345 e. The van der Waals surface area contributed by atoms with Crippen molar-refractivity contribution in [2.24, 2.45) is 5.73 Å². The van der Waals surface area contributed by atoms with Crippen molar-refractivity contribution in [2.45, 2.75) is 13.8 Å². The maximum atomic E-state index is 12.8. The van der Waals surface area contributed by atoms with Gasteiger partial charge in [0.25, 0.3) is 5.91 Å². The number of nitrogens with two attached hydrogens (primary N) is 1. The molecule has 2 aromatic carbocycles. The van der Waals surface area contributed by atoms with Gasteiger partial charge in [0.2, 0.25) is 0 Å². The third-order valence-electron chi connectivity index (χ3n) is 4.31. The Bertz CT molecular complexity index is 1040. The Morgan fingerprint density at radius 1 is 1.00 bits per heavy atom. The summed E-state index contributed by atoms with van der Waals surface area (Å²) in [6, 6.07) is 14.3. The minimum atomic E-state index is -0.958. The van der Waals surface area contributed by atoms with E-state index in [1.807, 2.05) is 25.1 Å². The molecule has 0 aromatic heterocycles. The molecule has 1 aliphatic rings. The van der Waals surface area contributed by atoms with Gasteiger partial charge in [0.05, 0.1) is 29.4 Å². The molecular formula is C22H21N3O4. The van der Waals surface area contributed by atoms with Crippen molar-refractivity contribution in [1.29, 1.82) is 0 Å². The van der Waals surface area contributed by atoms with Crippen molar-refractivity contribution in [3.63, 3.8) is 0 Å². The first-order valence-corrected chi connectivity index (χ1v) is 9.08. The Morgan fingerprint density at radius 3 is 2.21 bits per heavy atom. The van der Waals surface area contributed by atoms with Crippen LogP contribution in [-0.4, -0.2) is 24.3 Å². The molecule has 0 spiro atoms. The molecule has 0 unspecified atom stereocenters. The lowest BCUT2D eigenvalue weighted by atomic mass is 10.0. The Balaban J connectivity index is 2.13. The van der Waals surface area contributed by atoms with E-state index in [-0.39, 0.29) is 29.4 Å². The molecule has 1 heterocycles. The first-order chi connectivity index (χ1) is 13.9. The summed E-state index contributed by atoms with van der Waals surface area (Å²) in [5.74, 6) is -2.11. The topological polar surface area (TPSA) is 111 Å². The number of esters is 1. The van der Waals surface area contributed by atoms with Crippen LogP contribution in [0.3, 0.4) is 0 Å². The number of fused-ring (bicyclic) bond motifs is 1. The van der Waals surface area contributed by atoms with E-state index in [9.17, 15) is 14.4 Å². The number of allylic oxidation sites excluding steroid dienone is 1. The molecule has 7 heteroatoms. The van der Waals surface area contributed by atoms with Crippen molar-refractivity contribution in [2.75, 3.05) is 17.2 Å². The average molecular weight is 391 g/mol. The lowest BCUT2D eigenvalue weighted by molar-refractivity contribution is -0.140. The molecule has 0 bridgehead atoms. The van der Waals surface area contributed by atoms with Crippen LogP contribution in [0.2, 0.25) is 0 Å². The summed E-state index contributed by atoms with van der Waals surface area (Å²) in [5.41, 5.74) is 8.25. The molecule has 0 aliphatic carbocycles. The summed E-state index contributed by atoms with van der Waals surface area (Å²) >= 11 is 0. The smallest absolute Gasteiger partial charge is 0.345 e. The second-order valence-corrected chi connectivity index (χ2v) is 6.42. The summed E-state index contributed by atoms with van der Waals surface area (Å²) < 4.78 is 4.98. The number of aryl methyl sites for hydroxylation is 1.